The lowest BCUT2D eigenvalue weighted by Crippen LogP contribution is -2.56. The summed E-state index contributed by atoms with van der Waals surface area (Å²) in [5.74, 6) is 0.461. The second-order valence-electron chi connectivity index (χ2n) is 5.66. The van der Waals surface area contributed by atoms with Gasteiger partial charge in [0.25, 0.3) is 0 Å². The van der Waals surface area contributed by atoms with E-state index in [9.17, 15) is 4.79 Å². The van der Waals surface area contributed by atoms with Crippen molar-refractivity contribution in [2.24, 2.45) is 11.7 Å². The molecule has 1 aromatic rings. The molecule has 3 nitrogen and oxygen atoms in total. The van der Waals surface area contributed by atoms with Gasteiger partial charge in [0, 0.05) is 10.9 Å². The summed E-state index contributed by atoms with van der Waals surface area (Å²) in [5.41, 5.74) is 5.55. The number of nitrogens with two attached hydrogens (primary N) is 1. The Kier molecular flexibility index (Phi) is 3.78. The molecule has 2 rings (SSSR count). The molecule has 18 heavy (non-hydrogen) atoms. The SMILES string of the molecule is CC(C)N(Cc1cccs1)C(=O)C(C)(N)C1CC1. The van der Waals surface area contributed by atoms with Gasteiger partial charge in [-0.2, -0.15) is 0 Å². The predicted molar refractivity (Wildman–Crippen MR) is 75.3 cm³/mol. The Bertz CT molecular complexity index is 407. The van der Waals surface area contributed by atoms with Crippen LogP contribution in [-0.4, -0.2) is 22.4 Å². The van der Waals surface area contributed by atoms with E-state index in [0.717, 1.165) is 12.8 Å². The molecule has 0 spiro atoms. The van der Waals surface area contributed by atoms with E-state index in [1.54, 1.807) is 11.3 Å². The minimum Gasteiger partial charge on any atom is -0.334 e. The minimum atomic E-state index is -0.693. The summed E-state index contributed by atoms with van der Waals surface area (Å²) in [6.07, 6.45) is 2.17. The lowest BCUT2D eigenvalue weighted by atomic mass is 9.94. The lowest BCUT2D eigenvalue weighted by molar-refractivity contribution is -0.139. The molecule has 1 fully saturated rings. The fourth-order valence-electron chi connectivity index (χ4n) is 2.23. The van der Waals surface area contributed by atoms with Crippen molar-refractivity contribution in [3.8, 4) is 0 Å². The molecule has 2 N–H and O–H groups in total. The first-order valence-corrected chi connectivity index (χ1v) is 7.43. The lowest BCUT2D eigenvalue weighted by Gasteiger charge is -2.34. The van der Waals surface area contributed by atoms with Crippen molar-refractivity contribution < 1.29 is 4.79 Å². The molecule has 0 aromatic carbocycles. The average molecular weight is 266 g/mol. The van der Waals surface area contributed by atoms with Crippen LogP contribution in [0.5, 0.6) is 0 Å². The molecule has 0 radical (unpaired) electrons. The minimum absolute atomic E-state index is 0.0911. The van der Waals surface area contributed by atoms with Gasteiger partial charge in [0.2, 0.25) is 5.91 Å². The second-order valence-corrected chi connectivity index (χ2v) is 6.70. The fraction of sp³-hybridized carbons (Fsp3) is 0.643. The average Bonchev–Trinajstić information content (AvgIpc) is 3.04. The van der Waals surface area contributed by atoms with E-state index in [0.29, 0.717) is 12.5 Å². The van der Waals surface area contributed by atoms with E-state index in [1.807, 2.05) is 23.3 Å². The van der Waals surface area contributed by atoms with Crippen LogP contribution in [0.4, 0.5) is 0 Å². The standard InChI is InChI=1S/C14H22N2OS/c1-10(2)16(9-12-5-4-8-18-12)13(17)14(3,15)11-6-7-11/h4-5,8,10-11H,6-7,9,15H2,1-3H3. The number of carbonyl (C=O) groups is 1. The molecule has 0 bridgehead atoms. The van der Waals surface area contributed by atoms with Crippen molar-refractivity contribution in [3.05, 3.63) is 22.4 Å². The molecule has 1 amide bonds. The number of hydrogen-bond donors (Lipinski definition) is 1. The zero-order chi connectivity index (χ0) is 13.3. The van der Waals surface area contributed by atoms with Gasteiger partial charge in [-0.3, -0.25) is 4.79 Å². The van der Waals surface area contributed by atoms with Crippen molar-refractivity contribution in [1.82, 2.24) is 4.90 Å². The van der Waals surface area contributed by atoms with E-state index < -0.39 is 5.54 Å². The smallest absolute Gasteiger partial charge is 0.243 e. The highest BCUT2D eigenvalue weighted by Crippen LogP contribution is 2.39. The normalized spacial score (nSPS) is 18.7. The van der Waals surface area contributed by atoms with Gasteiger partial charge in [-0.05, 0) is 51.0 Å². The van der Waals surface area contributed by atoms with Crippen LogP contribution in [0.3, 0.4) is 0 Å². The Balaban J connectivity index is 2.12. The van der Waals surface area contributed by atoms with Crippen LogP contribution in [0.1, 0.15) is 38.5 Å². The monoisotopic (exact) mass is 266 g/mol. The van der Waals surface area contributed by atoms with Gasteiger partial charge in [0.05, 0.1) is 12.1 Å². The Hall–Kier alpha value is -0.870. The van der Waals surface area contributed by atoms with Crippen molar-refractivity contribution >= 4 is 17.2 Å². The van der Waals surface area contributed by atoms with Gasteiger partial charge in [-0.1, -0.05) is 6.07 Å². The third-order valence-electron chi connectivity index (χ3n) is 3.68. The largest absolute Gasteiger partial charge is 0.334 e. The van der Waals surface area contributed by atoms with E-state index in [4.69, 9.17) is 5.73 Å². The quantitative estimate of drug-likeness (QED) is 0.890. The van der Waals surface area contributed by atoms with Crippen LogP contribution in [0, 0.1) is 5.92 Å². The number of nitrogens with zero attached hydrogens (tertiary/aromatic N) is 1. The Morgan fingerprint density at radius 3 is 2.72 bits per heavy atom. The van der Waals surface area contributed by atoms with Crippen molar-refractivity contribution in [1.29, 1.82) is 0 Å². The molecule has 1 aliphatic carbocycles. The van der Waals surface area contributed by atoms with E-state index in [-0.39, 0.29) is 11.9 Å². The summed E-state index contributed by atoms with van der Waals surface area (Å²) < 4.78 is 0. The number of carbonyl (C=O) groups excluding carboxylic acids is 1. The molecular weight excluding hydrogens is 244 g/mol. The highest BCUT2D eigenvalue weighted by molar-refractivity contribution is 7.09. The second kappa shape index (κ2) is 5.02. The number of thiophene rings is 1. The van der Waals surface area contributed by atoms with Crippen LogP contribution in [0.15, 0.2) is 17.5 Å². The number of rotatable bonds is 5. The maximum Gasteiger partial charge on any atom is 0.243 e. The van der Waals surface area contributed by atoms with E-state index >= 15 is 0 Å². The molecule has 1 aliphatic rings. The first-order chi connectivity index (χ1) is 8.43. The van der Waals surface area contributed by atoms with Gasteiger partial charge < -0.3 is 10.6 Å². The van der Waals surface area contributed by atoms with Crippen LogP contribution in [0.2, 0.25) is 0 Å². The van der Waals surface area contributed by atoms with E-state index in [1.165, 1.54) is 4.88 Å². The molecule has 1 saturated carbocycles. The van der Waals surface area contributed by atoms with Crippen molar-refractivity contribution in [3.63, 3.8) is 0 Å². The summed E-state index contributed by atoms with van der Waals surface area (Å²) in [6.45, 7) is 6.66. The third kappa shape index (κ3) is 2.75. The number of amides is 1. The predicted octanol–water partition coefficient (Wildman–Crippen LogP) is 2.61. The van der Waals surface area contributed by atoms with Crippen LogP contribution >= 0.6 is 11.3 Å². The summed E-state index contributed by atoms with van der Waals surface area (Å²) in [7, 11) is 0. The molecule has 1 aromatic heterocycles. The Morgan fingerprint density at radius 2 is 2.28 bits per heavy atom. The molecular formula is C14H22N2OS. The van der Waals surface area contributed by atoms with Crippen molar-refractivity contribution in [2.75, 3.05) is 0 Å². The Morgan fingerprint density at radius 1 is 1.61 bits per heavy atom. The highest BCUT2D eigenvalue weighted by Gasteiger charge is 2.46. The van der Waals surface area contributed by atoms with Gasteiger partial charge >= 0.3 is 0 Å². The van der Waals surface area contributed by atoms with Crippen LogP contribution < -0.4 is 5.73 Å². The van der Waals surface area contributed by atoms with Crippen molar-refractivity contribution in [2.45, 2.75) is 51.7 Å². The molecule has 0 aliphatic heterocycles. The van der Waals surface area contributed by atoms with Gasteiger partial charge in [-0.15, -0.1) is 11.3 Å². The van der Waals surface area contributed by atoms with Gasteiger partial charge in [0.15, 0.2) is 0 Å². The summed E-state index contributed by atoms with van der Waals surface area (Å²) >= 11 is 1.69. The summed E-state index contributed by atoms with van der Waals surface area (Å²) in [5, 5.41) is 2.04. The van der Waals surface area contributed by atoms with Gasteiger partial charge in [-0.25, -0.2) is 0 Å². The van der Waals surface area contributed by atoms with Crippen LogP contribution in [-0.2, 0) is 11.3 Å². The number of hydrogen-bond acceptors (Lipinski definition) is 3. The molecule has 4 heteroatoms. The maximum absolute atomic E-state index is 12.6. The van der Waals surface area contributed by atoms with Gasteiger partial charge in [0.1, 0.15) is 0 Å². The zero-order valence-corrected chi connectivity index (χ0v) is 12.2. The molecule has 1 atom stereocenters. The summed E-state index contributed by atoms with van der Waals surface area (Å²) in [6, 6.07) is 4.27. The first kappa shape index (κ1) is 13.6. The maximum atomic E-state index is 12.6. The zero-order valence-electron chi connectivity index (χ0n) is 11.3. The highest BCUT2D eigenvalue weighted by atomic mass is 32.1. The first-order valence-electron chi connectivity index (χ1n) is 6.55. The molecule has 1 heterocycles. The molecule has 0 saturated heterocycles. The molecule has 100 valence electrons. The van der Waals surface area contributed by atoms with Crippen LogP contribution in [0.25, 0.3) is 0 Å². The summed E-state index contributed by atoms with van der Waals surface area (Å²) in [4.78, 5) is 15.7. The topological polar surface area (TPSA) is 46.3 Å². The van der Waals surface area contributed by atoms with E-state index in [2.05, 4.69) is 19.9 Å². The third-order valence-corrected chi connectivity index (χ3v) is 4.54. The Labute approximate surface area is 113 Å². The fourth-order valence-corrected chi connectivity index (χ4v) is 2.93. The molecule has 1 unspecified atom stereocenters.